The first-order valence-corrected chi connectivity index (χ1v) is 9.01. The summed E-state index contributed by atoms with van der Waals surface area (Å²) in [6.45, 7) is 3.65. The fourth-order valence-corrected chi connectivity index (χ4v) is 4.04. The Hall–Kier alpha value is -2.89. The van der Waals surface area contributed by atoms with Gasteiger partial charge in [-0.05, 0) is 49.9 Å². The van der Waals surface area contributed by atoms with Crippen LogP contribution in [0.2, 0.25) is 0 Å². The fraction of sp³-hybridized carbons (Fsp3) is 0.350. The van der Waals surface area contributed by atoms with Gasteiger partial charge >= 0.3 is 0 Å². The van der Waals surface area contributed by atoms with Crippen molar-refractivity contribution in [3.8, 4) is 0 Å². The average molecular weight is 351 g/mol. The van der Waals surface area contributed by atoms with Crippen LogP contribution < -0.4 is 9.80 Å². The standard InChI is InChI=1S/C20H21N3O3/c1-14-12-15-6-2-3-7-17(15)22(14)20(24)16-8-9-18(19(13-16)23(25)26)21-10-4-5-11-21/h2-3,6-9,13-14H,4-5,10-12H2,1H3/t14-/m1/s1. The number of para-hydroxylation sites is 1. The number of carbonyl (C=O) groups excluding carboxylic acids is 1. The number of nitro groups is 1. The highest BCUT2D eigenvalue weighted by Gasteiger charge is 2.32. The molecule has 26 heavy (non-hydrogen) atoms. The first-order valence-electron chi connectivity index (χ1n) is 9.01. The lowest BCUT2D eigenvalue weighted by atomic mass is 10.1. The fourth-order valence-electron chi connectivity index (χ4n) is 4.04. The molecule has 1 amide bonds. The van der Waals surface area contributed by atoms with Crippen LogP contribution in [0.25, 0.3) is 0 Å². The van der Waals surface area contributed by atoms with Gasteiger partial charge in [0.05, 0.1) is 4.92 Å². The van der Waals surface area contributed by atoms with Gasteiger partial charge < -0.3 is 9.80 Å². The molecule has 1 saturated heterocycles. The van der Waals surface area contributed by atoms with Crippen LogP contribution in [0, 0.1) is 10.1 Å². The lowest BCUT2D eigenvalue weighted by Gasteiger charge is -2.23. The number of carbonyl (C=O) groups is 1. The molecule has 0 N–H and O–H groups in total. The number of fused-ring (bicyclic) bond motifs is 1. The van der Waals surface area contributed by atoms with E-state index in [0.717, 1.165) is 43.6 Å². The number of benzene rings is 2. The Kier molecular flexibility index (Phi) is 4.11. The zero-order valence-corrected chi connectivity index (χ0v) is 14.7. The molecule has 1 atom stereocenters. The minimum absolute atomic E-state index is 0.0119. The molecule has 0 bridgehead atoms. The Morgan fingerprint density at radius 1 is 1.12 bits per heavy atom. The van der Waals surface area contributed by atoms with Crippen LogP contribution in [0.4, 0.5) is 17.1 Å². The molecular formula is C20H21N3O3. The van der Waals surface area contributed by atoms with Crippen molar-refractivity contribution in [2.45, 2.75) is 32.2 Å². The zero-order chi connectivity index (χ0) is 18.3. The first kappa shape index (κ1) is 16.6. The molecule has 6 heteroatoms. The molecular weight excluding hydrogens is 330 g/mol. The molecule has 0 saturated carbocycles. The van der Waals surface area contributed by atoms with Crippen molar-refractivity contribution in [3.05, 3.63) is 63.7 Å². The van der Waals surface area contributed by atoms with Gasteiger partial charge in [-0.1, -0.05) is 18.2 Å². The normalized spacial score (nSPS) is 18.9. The summed E-state index contributed by atoms with van der Waals surface area (Å²) in [5.41, 5.74) is 3.02. The second kappa shape index (κ2) is 6.44. The van der Waals surface area contributed by atoms with Crippen LogP contribution in [0.5, 0.6) is 0 Å². The number of hydrogen-bond acceptors (Lipinski definition) is 4. The highest BCUT2D eigenvalue weighted by molar-refractivity contribution is 6.08. The van der Waals surface area contributed by atoms with E-state index < -0.39 is 0 Å². The van der Waals surface area contributed by atoms with E-state index >= 15 is 0 Å². The van der Waals surface area contributed by atoms with Gasteiger partial charge in [-0.2, -0.15) is 0 Å². The van der Waals surface area contributed by atoms with Crippen LogP contribution in [0.1, 0.15) is 35.7 Å². The number of rotatable bonds is 3. The minimum Gasteiger partial charge on any atom is -0.366 e. The second-order valence-electron chi connectivity index (χ2n) is 7.01. The van der Waals surface area contributed by atoms with Gasteiger partial charge in [-0.15, -0.1) is 0 Å². The molecule has 0 aliphatic carbocycles. The Morgan fingerprint density at radius 2 is 1.85 bits per heavy atom. The SMILES string of the molecule is C[C@@H]1Cc2ccccc2N1C(=O)c1ccc(N2CCCC2)c([N+](=O)[O-])c1. The number of anilines is 2. The van der Waals surface area contributed by atoms with Crippen molar-refractivity contribution in [2.24, 2.45) is 0 Å². The van der Waals surface area contributed by atoms with E-state index in [0.29, 0.717) is 11.3 Å². The van der Waals surface area contributed by atoms with Gasteiger partial charge in [0.25, 0.3) is 11.6 Å². The van der Waals surface area contributed by atoms with Crippen molar-refractivity contribution in [1.82, 2.24) is 0 Å². The molecule has 1 fully saturated rings. The van der Waals surface area contributed by atoms with Crippen molar-refractivity contribution >= 4 is 23.0 Å². The van der Waals surface area contributed by atoms with Crippen LogP contribution >= 0.6 is 0 Å². The van der Waals surface area contributed by atoms with Crippen molar-refractivity contribution in [1.29, 1.82) is 0 Å². The van der Waals surface area contributed by atoms with E-state index in [1.807, 2.05) is 36.1 Å². The molecule has 4 rings (SSSR count). The van der Waals surface area contributed by atoms with Crippen LogP contribution in [-0.2, 0) is 6.42 Å². The van der Waals surface area contributed by atoms with Gasteiger partial charge in [0.2, 0.25) is 0 Å². The maximum absolute atomic E-state index is 13.1. The van der Waals surface area contributed by atoms with E-state index in [4.69, 9.17) is 0 Å². The monoisotopic (exact) mass is 351 g/mol. The van der Waals surface area contributed by atoms with E-state index in [2.05, 4.69) is 0 Å². The van der Waals surface area contributed by atoms with Gasteiger partial charge in [-0.3, -0.25) is 14.9 Å². The van der Waals surface area contributed by atoms with Gasteiger partial charge in [-0.25, -0.2) is 0 Å². The largest absolute Gasteiger partial charge is 0.366 e. The van der Waals surface area contributed by atoms with E-state index in [-0.39, 0.29) is 22.6 Å². The van der Waals surface area contributed by atoms with Gasteiger partial charge in [0.1, 0.15) is 5.69 Å². The summed E-state index contributed by atoms with van der Waals surface area (Å²) in [4.78, 5) is 28.1. The van der Waals surface area contributed by atoms with Crippen LogP contribution in [0.15, 0.2) is 42.5 Å². The number of amides is 1. The Balaban J connectivity index is 1.70. The average Bonchev–Trinajstić information content (AvgIpc) is 3.27. The summed E-state index contributed by atoms with van der Waals surface area (Å²) < 4.78 is 0. The second-order valence-corrected chi connectivity index (χ2v) is 7.01. The summed E-state index contributed by atoms with van der Waals surface area (Å²) in [6.07, 6.45) is 2.88. The minimum atomic E-state index is -0.383. The Bertz CT molecular complexity index is 874. The molecule has 0 unspecified atom stereocenters. The highest BCUT2D eigenvalue weighted by atomic mass is 16.6. The Morgan fingerprint density at radius 3 is 2.58 bits per heavy atom. The van der Waals surface area contributed by atoms with Crippen molar-refractivity contribution in [2.75, 3.05) is 22.9 Å². The molecule has 2 heterocycles. The maximum Gasteiger partial charge on any atom is 0.293 e. The predicted octanol–water partition coefficient (Wildman–Crippen LogP) is 3.79. The number of nitro benzene ring substituents is 1. The zero-order valence-electron chi connectivity index (χ0n) is 14.7. The van der Waals surface area contributed by atoms with Crippen LogP contribution in [0.3, 0.4) is 0 Å². The van der Waals surface area contributed by atoms with Gasteiger partial charge in [0.15, 0.2) is 0 Å². The van der Waals surface area contributed by atoms with Gasteiger partial charge in [0, 0.05) is 36.4 Å². The molecule has 134 valence electrons. The molecule has 6 nitrogen and oxygen atoms in total. The predicted molar refractivity (Wildman–Crippen MR) is 101 cm³/mol. The third kappa shape index (κ3) is 2.71. The summed E-state index contributed by atoms with van der Waals surface area (Å²) in [6, 6.07) is 12.8. The van der Waals surface area contributed by atoms with Crippen molar-refractivity contribution < 1.29 is 9.72 Å². The third-order valence-corrected chi connectivity index (χ3v) is 5.29. The highest BCUT2D eigenvalue weighted by Crippen LogP contribution is 2.35. The summed E-state index contributed by atoms with van der Waals surface area (Å²) in [7, 11) is 0. The van der Waals surface area contributed by atoms with E-state index in [1.54, 1.807) is 17.0 Å². The van der Waals surface area contributed by atoms with E-state index in [9.17, 15) is 14.9 Å². The van der Waals surface area contributed by atoms with Crippen molar-refractivity contribution in [3.63, 3.8) is 0 Å². The lowest BCUT2D eigenvalue weighted by molar-refractivity contribution is -0.384. The molecule has 0 aromatic heterocycles. The molecule has 0 radical (unpaired) electrons. The summed E-state index contributed by atoms with van der Waals surface area (Å²) >= 11 is 0. The first-order chi connectivity index (χ1) is 12.6. The summed E-state index contributed by atoms with van der Waals surface area (Å²) in [5, 5.41) is 11.6. The van der Waals surface area contributed by atoms with Crippen LogP contribution in [-0.4, -0.2) is 30.0 Å². The lowest BCUT2D eigenvalue weighted by Crippen LogP contribution is -2.35. The molecule has 2 aromatic rings. The van der Waals surface area contributed by atoms with E-state index in [1.165, 1.54) is 6.07 Å². The summed E-state index contributed by atoms with van der Waals surface area (Å²) in [5.74, 6) is -0.182. The quantitative estimate of drug-likeness (QED) is 0.623. The Labute approximate surface area is 152 Å². The number of nitrogens with zero attached hydrogens (tertiary/aromatic N) is 3. The number of hydrogen-bond donors (Lipinski definition) is 0. The topological polar surface area (TPSA) is 66.7 Å². The molecule has 2 aromatic carbocycles. The third-order valence-electron chi connectivity index (χ3n) is 5.29. The smallest absolute Gasteiger partial charge is 0.293 e. The molecule has 2 aliphatic rings. The maximum atomic E-state index is 13.1. The molecule has 2 aliphatic heterocycles. The molecule has 0 spiro atoms.